The van der Waals surface area contributed by atoms with Crippen LogP contribution in [0.2, 0.25) is 0 Å². The average Bonchev–Trinajstić information content (AvgIpc) is 3.59. The Morgan fingerprint density at radius 1 is 0.971 bits per heavy atom. The first-order valence-electron chi connectivity index (χ1n) is 12.7. The molecule has 1 saturated carbocycles. The van der Waals surface area contributed by atoms with Crippen LogP contribution in [0, 0.1) is 0 Å². The molecule has 6 rings (SSSR count). The lowest BCUT2D eigenvalue weighted by Gasteiger charge is -2.46. The topological polar surface area (TPSA) is 76.2 Å². The third-order valence-electron chi connectivity index (χ3n) is 8.28. The highest BCUT2D eigenvalue weighted by Crippen LogP contribution is 2.52. The summed E-state index contributed by atoms with van der Waals surface area (Å²) in [6.07, 6.45) is 6.08. The summed E-state index contributed by atoms with van der Waals surface area (Å²) in [6.45, 7) is 4.84. The lowest BCUT2D eigenvalue weighted by molar-refractivity contribution is 0.0593. The van der Waals surface area contributed by atoms with Crippen molar-refractivity contribution in [3.63, 3.8) is 0 Å². The third-order valence-corrected chi connectivity index (χ3v) is 10.2. The monoisotopic (exact) mass is 496 g/mol. The van der Waals surface area contributed by atoms with Crippen molar-refractivity contribution in [2.75, 3.05) is 32.8 Å². The van der Waals surface area contributed by atoms with Crippen molar-refractivity contribution in [2.24, 2.45) is 0 Å². The molecule has 2 fully saturated rings. The minimum atomic E-state index is -3.59. The van der Waals surface area contributed by atoms with E-state index in [9.17, 15) is 13.2 Å². The van der Waals surface area contributed by atoms with Gasteiger partial charge in [-0.05, 0) is 74.1 Å². The van der Waals surface area contributed by atoms with E-state index in [4.69, 9.17) is 9.47 Å². The number of ether oxygens (including phenoxy) is 2. The summed E-state index contributed by atoms with van der Waals surface area (Å²) in [5.74, 6) is 1.42. The maximum Gasteiger partial charge on any atom is 0.254 e. The minimum Gasteiger partial charge on any atom is -0.486 e. The van der Waals surface area contributed by atoms with Crippen LogP contribution in [0.15, 0.2) is 41.3 Å². The summed E-state index contributed by atoms with van der Waals surface area (Å²) in [7, 11) is -3.59. The molecule has 1 atom stereocenters. The molecular weight excluding hydrogens is 464 g/mol. The van der Waals surface area contributed by atoms with Crippen molar-refractivity contribution in [3.05, 3.63) is 53.1 Å². The zero-order valence-electron chi connectivity index (χ0n) is 20.2. The molecule has 35 heavy (non-hydrogen) atoms. The van der Waals surface area contributed by atoms with Crippen LogP contribution in [0.3, 0.4) is 0 Å². The fourth-order valence-corrected chi connectivity index (χ4v) is 7.95. The molecule has 1 saturated heterocycles. The van der Waals surface area contributed by atoms with Crippen LogP contribution in [-0.4, -0.2) is 56.4 Å². The van der Waals surface area contributed by atoms with Gasteiger partial charge < -0.3 is 14.4 Å². The number of rotatable bonds is 3. The van der Waals surface area contributed by atoms with Crippen molar-refractivity contribution < 1.29 is 22.7 Å². The van der Waals surface area contributed by atoms with Crippen molar-refractivity contribution in [1.29, 1.82) is 0 Å². The second-order valence-corrected chi connectivity index (χ2v) is 12.3. The second kappa shape index (κ2) is 8.52. The van der Waals surface area contributed by atoms with E-state index in [-0.39, 0.29) is 22.3 Å². The largest absolute Gasteiger partial charge is 0.486 e. The van der Waals surface area contributed by atoms with Gasteiger partial charge in [0.05, 0.1) is 10.9 Å². The minimum absolute atomic E-state index is 0.105. The number of carbonyl (C=O) groups excluding carboxylic acids is 1. The molecule has 0 bridgehead atoms. The molecular formula is C27H32N2O5S. The predicted molar refractivity (Wildman–Crippen MR) is 131 cm³/mol. The molecule has 3 aliphatic heterocycles. The lowest BCUT2D eigenvalue weighted by atomic mass is 9.71. The SMILES string of the molecule is C[C@H]1c2cc3c(cc2C2(CCCC2)CN1C(=O)c1cccc(S(=O)(=O)N2CCCC2)c1)OCCO3. The molecule has 8 heteroatoms. The Morgan fingerprint density at radius 3 is 2.37 bits per heavy atom. The first kappa shape index (κ1) is 22.9. The predicted octanol–water partition coefficient (Wildman–Crippen LogP) is 4.27. The number of sulfonamides is 1. The van der Waals surface area contributed by atoms with E-state index in [1.807, 2.05) is 4.90 Å². The van der Waals surface area contributed by atoms with Crippen LogP contribution < -0.4 is 9.47 Å². The average molecular weight is 497 g/mol. The molecule has 4 aliphatic rings. The summed E-state index contributed by atoms with van der Waals surface area (Å²) in [5.41, 5.74) is 2.70. The van der Waals surface area contributed by atoms with Crippen molar-refractivity contribution in [3.8, 4) is 11.5 Å². The molecule has 186 valence electrons. The van der Waals surface area contributed by atoms with Gasteiger partial charge in [-0.15, -0.1) is 0 Å². The summed E-state index contributed by atoms with van der Waals surface area (Å²) in [4.78, 5) is 16.0. The second-order valence-electron chi connectivity index (χ2n) is 10.3. The molecule has 0 aromatic heterocycles. The van der Waals surface area contributed by atoms with E-state index < -0.39 is 10.0 Å². The van der Waals surface area contributed by atoms with Crippen LogP contribution in [0.5, 0.6) is 11.5 Å². The molecule has 0 radical (unpaired) electrons. The number of carbonyl (C=O) groups is 1. The lowest BCUT2D eigenvalue weighted by Crippen LogP contribution is -2.48. The van der Waals surface area contributed by atoms with Gasteiger partial charge in [-0.2, -0.15) is 4.31 Å². The third kappa shape index (κ3) is 3.73. The first-order chi connectivity index (χ1) is 16.9. The van der Waals surface area contributed by atoms with Crippen molar-refractivity contribution >= 4 is 15.9 Å². The Bertz CT molecular complexity index is 1260. The van der Waals surface area contributed by atoms with E-state index in [1.165, 1.54) is 9.87 Å². The summed E-state index contributed by atoms with van der Waals surface area (Å²) in [6, 6.07) is 10.6. The van der Waals surface area contributed by atoms with Gasteiger partial charge in [-0.25, -0.2) is 8.42 Å². The van der Waals surface area contributed by atoms with Crippen LogP contribution in [0.1, 0.15) is 73.0 Å². The molecule has 1 spiro atoms. The van der Waals surface area contributed by atoms with E-state index in [2.05, 4.69) is 19.1 Å². The maximum atomic E-state index is 13.9. The molecule has 1 amide bonds. The van der Waals surface area contributed by atoms with E-state index in [0.29, 0.717) is 38.4 Å². The number of hydrogen-bond acceptors (Lipinski definition) is 5. The highest BCUT2D eigenvalue weighted by atomic mass is 32.2. The van der Waals surface area contributed by atoms with Crippen LogP contribution in [0.25, 0.3) is 0 Å². The van der Waals surface area contributed by atoms with E-state index in [1.54, 1.807) is 24.3 Å². The molecule has 1 aliphatic carbocycles. The number of hydrogen-bond donors (Lipinski definition) is 0. The molecule has 2 aromatic carbocycles. The molecule has 3 heterocycles. The van der Waals surface area contributed by atoms with Gasteiger partial charge in [0.25, 0.3) is 5.91 Å². The van der Waals surface area contributed by atoms with Crippen molar-refractivity contribution in [2.45, 2.75) is 61.8 Å². The van der Waals surface area contributed by atoms with E-state index >= 15 is 0 Å². The van der Waals surface area contributed by atoms with Gasteiger partial charge in [-0.1, -0.05) is 18.9 Å². The zero-order valence-corrected chi connectivity index (χ0v) is 21.0. The van der Waals surface area contributed by atoms with Gasteiger partial charge in [0.2, 0.25) is 10.0 Å². The Balaban J connectivity index is 1.37. The number of amides is 1. The first-order valence-corrected chi connectivity index (χ1v) is 14.2. The molecule has 2 aromatic rings. The van der Waals surface area contributed by atoms with Crippen LogP contribution >= 0.6 is 0 Å². The van der Waals surface area contributed by atoms with Crippen LogP contribution in [-0.2, 0) is 15.4 Å². The highest BCUT2D eigenvalue weighted by molar-refractivity contribution is 7.89. The summed E-state index contributed by atoms with van der Waals surface area (Å²) < 4.78 is 39.5. The maximum absolute atomic E-state index is 13.9. The normalized spacial score (nSPS) is 23.5. The van der Waals surface area contributed by atoms with Crippen molar-refractivity contribution in [1.82, 2.24) is 9.21 Å². The Kier molecular flexibility index (Phi) is 5.56. The van der Waals surface area contributed by atoms with E-state index in [0.717, 1.165) is 55.6 Å². The number of fused-ring (bicyclic) bond motifs is 3. The zero-order chi connectivity index (χ0) is 24.2. The fraction of sp³-hybridized carbons (Fsp3) is 0.519. The quantitative estimate of drug-likeness (QED) is 0.634. The van der Waals surface area contributed by atoms with Gasteiger partial charge >= 0.3 is 0 Å². The molecule has 7 nitrogen and oxygen atoms in total. The summed E-state index contributed by atoms with van der Waals surface area (Å²) in [5, 5.41) is 0. The highest BCUT2D eigenvalue weighted by Gasteiger charge is 2.46. The fourth-order valence-electron chi connectivity index (χ4n) is 6.39. The Morgan fingerprint density at radius 2 is 1.66 bits per heavy atom. The Labute approximate surface area is 207 Å². The van der Waals surface area contributed by atoms with Gasteiger partial charge in [0, 0.05) is 30.6 Å². The van der Waals surface area contributed by atoms with Crippen LogP contribution in [0.4, 0.5) is 0 Å². The van der Waals surface area contributed by atoms with Gasteiger partial charge in [0.15, 0.2) is 11.5 Å². The number of benzene rings is 2. The number of nitrogens with zero attached hydrogens (tertiary/aromatic N) is 2. The Hall–Kier alpha value is -2.58. The standard InChI is InChI=1S/C27H32N2O5S/c1-19-22-16-24-25(34-14-13-33-24)17-23(22)27(9-2-3-10-27)18-29(19)26(30)20-7-6-8-21(15-20)35(31,32)28-11-4-5-12-28/h6-8,15-17,19H,2-5,9-14,18H2,1H3/t19-/m0/s1. The van der Waals surface area contributed by atoms with Gasteiger partial charge in [0.1, 0.15) is 13.2 Å². The van der Waals surface area contributed by atoms with Gasteiger partial charge in [-0.3, -0.25) is 4.79 Å². The summed E-state index contributed by atoms with van der Waals surface area (Å²) >= 11 is 0. The molecule has 0 N–H and O–H groups in total. The smallest absolute Gasteiger partial charge is 0.254 e. The molecule has 0 unspecified atom stereocenters.